The van der Waals surface area contributed by atoms with Gasteiger partial charge in [-0.3, -0.25) is 0 Å². The van der Waals surface area contributed by atoms with Crippen molar-refractivity contribution in [1.82, 2.24) is 0 Å². The highest BCUT2D eigenvalue weighted by Crippen LogP contribution is 2.36. The highest BCUT2D eigenvalue weighted by atomic mass is 19.1. The molecule has 2 unspecified atom stereocenters. The summed E-state index contributed by atoms with van der Waals surface area (Å²) in [6.07, 6.45) is 6.74. The van der Waals surface area contributed by atoms with E-state index >= 15 is 0 Å². The van der Waals surface area contributed by atoms with Crippen LogP contribution in [0.1, 0.15) is 18.4 Å². The topological polar surface area (TPSA) is 35.8 Å². The fourth-order valence-electron chi connectivity index (χ4n) is 2.77. The summed E-state index contributed by atoms with van der Waals surface area (Å²) in [5.74, 6) is 0. The number of fused-ring (bicyclic) bond motifs is 1. The second-order valence-electron chi connectivity index (χ2n) is 5.13. The number of nitriles is 1. The Balaban J connectivity index is 1.81. The van der Waals surface area contributed by atoms with Crippen LogP contribution in [0.2, 0.25) is 0 Å². The molecule has 1 aromatic carbocycles. The maximum Gasteiger partial charge on any atom is 0.152 e. The van der Waals surface area contributed by atoms with Crippen molar-refractivity contribution in [1.29, 1.82) is 5.26 Å². The maximum atomic E-state index is 15.0. The molecule has 3 heteroatoms. The lowest BCUT2D eigenvalue weighted by atomic mass is 9.82. The Labute approximate surface area is 112 Å². The average molecular weight is 254 g/mol. The molecular formula is C16H15FN2. The van der Waals surface area contributed by atoms with Crippen molar-refractivity contribution in [3.05, 3.63) is 53.6 Å². The first-order valence-corrected chi connectivity index (χ1v) is 6.54. The molecular weight excluding hydrogens is 239 g/mol. The van der Waals surface area contributed by atoms with Crippen LogP contribution < -0.4 is 5.32 Å². The smallest absolute Gasteiger partial charge is 0.152 e. The van der Waals surface area contributed by atoms with Gasteiger partial charge in [0, 0.05) is 17.7 Å². The number of para-hydroxylation sites is 1. The molecule has 1 heterocycles. The summed E-state index contributed by atoms with van der Waals surface area (Å²) in [7, 11) is 0. The maximum absolute atomic E-state index is 15.0. The van der Waals surface area contributed by atoms with E-state index in [-0.39, 0.29) is 12.5 Å². The molecule has 2 nitrogen and oxygen atoms in total. The predicted molar refractivity (Wildman–Crippen MR) is 73.5 cm³/mol. The van der Waals surface area contributed by atoms with Crippen molar-refractivity contribution < 1.29 is 4.39 Å². The van der Waals surface area contributed by atoms with Gasteiger partial charge in [0.2, 0.25) is 0 Å². The van der Waals surface area contributed by atoms with Gasteiger partial charge in [-0.05, 0) is 36.6 Å². The van der Waals surface area contributed by atoms with Gasteiger partial charge in [-0.1, -0.05) is 24.3 Å². The molecule has 0 spiro atoms. The predicted octanol–water partition coefficient (Wildman–Crippen LogP) is 3.53. The summed E-state index contributed by atoms with van der Waals surface area (Å²) in [5.41, 5.74) is 1.42. The number of hydrogen-bond donors (Lipinski definition) is 1. The van der Waals surface area contributed by atoms with Crippen LogP contribution in [0.5, 0.6) is 0 Å². The molecule has 2 aliphatic rings. The van der Waals surface area contributed by atoms with E-state index in [1.807, 2.05) is 24.3 Å². The van der Waals surface area contributed by atoms with Crippen molar-refractivity contribution in [3.8, 4) is 6.07 Å². The number of halogens is 1. The van der Waals surface area contributed by atoms with Gasteiger partial charge in [-0.15, -0.1) is 0 Å². The Morgan fingerprint density at radius 2 is 2.21 bits per heavy atom. The highest BCUT2D eigenvalue weighted by Gasteiger charge is 2.38. The number of anilines is 1. The largest absolute Gasteiger partial charge is 0.379 e. The summed E-state index contributed by atoms with van der Waals surface area (Å²) in [6, 6.07) is 9.86. The van der Waals surface area contributed by atoms with Crippen LogP contribution in [0.15, 0.2) is 48.1 Å². The number of nitrogens with zero attached hydrogens (tertiary/aromatic N) is 1. The van der Waals surface area contributed by atoms with Crippen LogP contribution in [-0.2, 0) is 6.42 Å². The Morgan fingerprint density at radius 1 is 1.37 bits per heavy atom. The number of allylic oxidation sites excluding steroid dienone is 3. The van der Waals surface area contributed by atoms with E-state index < -0.39 is 5.67 Å². The molecule has 0 aromatic heterocycles. The van der Waals surface area contributed by atoms with Crippen LogP contribution in [0.3, 0.4) is 0 Å². The molecule has 1 aromatic rings. The fraction of sp³-hybridized carbons (Fsp3) is 0.312. The Hall–Kier alpha value is -2.08. The normalized spacial score (nSPS) is 28.8. The quantitative estimate of drug-likeness (QED) is 0.832. The van der Waals surface area contributed by atoms with E-state index in [0.717, 1.165) is 18.5 Å². The molecule has 0 bridgehead atoms. The zero-order valence-electron chi connectivity index (χ0n) is 10.6. The minimum absolute atomic E-state index is 0.227. The molecule has 1 N–H and O–H groups in total. The van der Waals surface area contributed by atoms with E-state index in [1.54, 1.807) is 12.2 Å². The molecule has 2 atom stereocenters. The Kier molecular flexibility index (Phi) is 2.87. The van der Waals surface area contributed by atoms with Gasteiger partial charge in [-0.2, -0.15) is 5.26 Å². The molecule has 1 aliphatic heterocycles. The standard InChI is InChI=1S/C16H15FN2/c17-16(9-7-12(11-18)8-10-16)15-6-5-13-3-1-2-4-14(13)19-15/h1-4,7-9,15,19H,5-6,10H2. The molecule has 0 saturated carbocycles. The SMILES string of the molecule is N#CC1=CCC(F)(C2CCc3ccccc3N2)C=C1. The fourth-order valence-corrected chi connectivity index (χ4v) is 2.77. The van der Waals surface area contributed by atoms with Crippen molar-refractivity contribution in [2.24, 2.45) is 0 Å². The van der Waals surface area contributed by atoms with E-state index in [4.69, 9.17) is 5.26 Å². The van der Waals surface area contributed by atoms with Crippen LogP contribution in [0.4, 0.5) is 10.1 Å². The number of aryl methyl sites for hydroxylation is 1. The van der Waals surface area contributed by atoms with Crippen molar-refractivity contribution in [3.63, 3.8) is 0 Å². The minimum Gasteiger partial charge on any atom is -0.379 e. The van der Waals surface area contributed by atoms with Crippen molar-refractivity contribution >= 4 is 5.69 Å². The summed E-state index contributed by atoms with van der Waals surface area (Å²) < 4.78 is 15.0. The number of rotatable bonds is 1. The molecule has 3 rings (SSSR count). The Bertz CT molecular complexity index is 597. The van der Waals surface area contributed by atoms with Gasteiger partial charge in [0.15, 0.2) is 5.67 Å². The first kappa shape index (κ1) is 12.0. The second kappa shape index (κ2) is 4.55. The lowest BCUT2D eigenvalue weighted by Gasteiger charge is -2.37. The van der Waals surface area contributed by atoms with Crippen molar-refractivity contribution in [2.75, 3.05) is 5.32 Å². The highest BCUT2D eigenvalue weighted by molar-refractivity contribution is 5.55. The van der Waals surface area contributed by atoms with E-state index in [2.05, 4.69) is 11.4 Å². The summed E-state index contributed by atoms with van der Waals surface area (Å²) in [5, 5.41) is 12.1. The molecule has 96 valence electrons. The number of benzene rings is 1. The van der Waals surface area contributed by atoms with Crippen LogP contribution >= 0.6 is 0 Å². The van der Waals surface area contributed by atoms with E-state index in [9.17, 15) is 4.39 Å². The third-order valence-electron chi connectivity index (χ3n) is 3.93. The summed E-state index contributed by atoms with van der Waals surface area (Å²) in [6.45, 7) is 0. The Morgan fingerprint density at radius 3 is 2.95 bits per heavy atom. The molecule has 1 aliphatic carbocycles. The van der Waals surface area contributed by atoms with Crippen LogP contribution in [0, 0.1) is 11.3 Å². The lowest BCUT2D eigenvalue weighted by molar-refractivity contribution is 0.188. The van der Waals surface area contributed by atoms with Gasteiger partial charge in [0.25, 0.3) is 0 Å². The zero-order chi connectivity index (χ0) is 13.3. The number of alkyl halides is 1. The van der Waals surface area contributed by atoms with E-state index in [1.165, 1.54) is 11.6 Å². The summed E-state index contributed by atoms with van der Waals surface area (Å²) >= 11 is 0. The zero-order valence-corrected chi connectivity index (χ0v) is 10.6. The first-order valence-electron chi connectivity index (χ1n) is 6.54. The van der Waals surface area contributed by atoms with Gasteiger partial charge < -0.3 is 5.32 Å². The molecule has 0 fully saturated rings. The van der Waals surface area contributed by atoms with Gasteiger partial charge in [0.05, 0.1) is 12.1 Å². The van der Waals surface area contributed by atoms with Gasteiger partial charge >= 0.3 is 0 Å². The van der Waals surface area contributed by atoms with Gasteiger partial charge in [-0.25, -0.2) is 4.39 Å². The van der Waals surface area contributed by atoms with Crippen LogP contribution in [0.25, 0.3) is 0 Å². The number of nitrogens with one attached hydrogen (secondary N) is 1. The van der Waals surface area contributed by atoms with E-state index in [0.29, 0.717) is 5.57 Å². The van der Waals surface area contributed by atoms with Crippen molar-refractivity contribution in [2.45, 2.75) is 31.0 Å². The summed E-state index contributed by atoms with van der Waals surface area (Å²) in [4.78, 5) is 0. The minimum atomic E-state index is -1.39. The second-order valence-corrected chi connectivity index (χ2v) is 5.13. The molecule has 19 heavy (non-hydrogen) atoms. The van der Waals surface area contributed by atoms with Crippen LogP contribution in [-0.4, -0.2) is 11.7 Å². The van der Waals surface area contributed by atoms with Gasteiger partial charge in [0.1, 0.15) is 0 Å². The lowest BCUT2D eigenvalue weighted by Crippen LogP contribution is -2.44. The third-order valence-corrected chi connectivity index (χ3v) is 3.93. The monoisotopic (exact) mass is 254 g/mol. The molecule has 0 saturated heterocycles. The molecule has 0 amide bonds. The average Bonchev–Trinajstić information content (AvgIpc) is 2.47. The number of hydrogen-bond acceptors (Lipinski definition) is 2. The first-order chi connectivity index (χ1) is 9.21. The third kappa shape index (κ3) is 2.15. The molecule has 0 radical (unpaired) electrons.